The normalized spacial score (nSPS) is 15.3. The van der Waals surface area contributed by atoms with E-state index in [1.807, 2.05) is 6.07 Å². The van der Waals surface area contributed by atoms with Crippen molar-refractivity contribution in [2.24, 2.45) is 5.92 Å². The summed E-state index contributed by atoms with van der Waals surface area (Å²) in [4.78, 5) is 0. The second-order valence-electron chi connectivity index (χ2n) is 4.14. The van der Waals surface area contributed by atoms with Crippen LogP contribution in [0.25, 0.3) is 0 Å². The van der Waals surface area contributed by atoms with Crippen molar-refractivity contribution in [1.29, 1.82) is 0 Å². The van der Waals surface area contributed by atoms with Crippen LogP contribution in [-0.4, -0.2) is 13.2 Å². The van der Waals surface area contributed by atoms with E-state index in [1.54, 1.807) is 0 Å². The molecule has 82 valence electrons. The van der Waals surface area contributed by atoms with Crippen LogP contribution in [0.5, 0.6) is 5.75 Å². The van der Waals surface area contributed by atoms with E-state index >= 15 is 0 Å². The Morgan fingerprint density at radius 1 is 1.33 bits per heavy atom. The van der Waals surface area contributed by atoms with Gasteiger partial charge in [-0.3, -0.25) is 0 Å². The first kappa shape index (κ1) is 10.5. The van der Waals surface area contributed by atoms with Crippen LogP contribution >= 0.6 is 0 Å². The maximum absolute atomic E-state index is 5.82. The molecule has 1 aliphatic carbocycles. The molecular formula is C13H19NO. The third kappa shape index (κ3) is 3.24. The van der Waals surface area contributed by atoms with E-state index in [0.717, 1.165) is 31.4 Å². The molecule has 1 fully saturated rings. The van der Waals surface area contributed by atoms with Gasteiger partial charge in [0, 0.05) is 12.1 Å². The zero-order chi connectivity index (χ0) is 10.5. The fraction of sp³-hybridized carbons (Fsp3) is 0.538. The Labute approximate surface area is 91.6 Å². The predicted octanol–water partition coefficient (Wildman–Crippen LogP) is 2.58. The van der Waals surface area contributed by atoms with Crippen LogP contribution in [0.1, 0.15) is 25.3 Å². The Morgan fingerprint density at radius 2 is 2.13 bits per heavy atom. The molecule has 0 aliphatic heterocycles. The Kier molecular flexibility index (Phi) is 3.62. The highest BCUT2D eigenvalue weighted by Crippen LogP contribution is 2.30. The highest BCUT2D eigenvalue weighted by atomic mass is 16.5. The van der Waals surface area contributed by atoms with E-state index in [1.165, 1.54) is 18.4 Å². The standard InChI is InChI=1S/C13H19NO/c1-2-14-9-12-5-3-4-6-13(12)15-10-11-7-8-11/h3-6,11,14H,2,7-10H2,1H3. The van der Waals surface area contributed by atoms with E-state index in [0.29, 0.717) is 0 Å². The van der Waals surface area contributed by atoms with Crippen molar-refractivity contribution in [2.45, 2.75) is 26.3 Å². The van der Waals surface area contributed by atoms with Gasteiger partial charge < -0.3 is 10.1 Å². The highest BCUT2D eigenvalue weighted by molar-refractivity contribution is 5.33. The number of rotatable bonds is 6. The third-order valence-corrected chi connectivity index (χ3v) is 2.71. The van der Waals surface area contributed by atoms with Gasteiger partial charge in [-0.1, -0.05) is 25.1 Å². The average molecular weight is 205 g/mol. The fourth-order valence-electron chi connectivity index (χ4n) is 1.54. The van der Waals surface area contributed by atoms with Gasteiger partial charge in [0.2, 0.25) is 0 Å². The lowest BCUT2D eigenvalue weighted by Crippen LogP contribution is -2.13. The average Bonchev–Trinajstić information content (AvgIpc) is 3.08. The molecule has 0 aromatic heterocycles. The van der Waals surface area contributed by atoms with Gasteiger partial charge in [0.25, 0.3) is 0 Å². The number of ether oxygens (including phenoxy) is 1. The molecule has 0 unspecified atom stereocenters. The topological polar surface area (TPSA) is 21.3 Å². The molecule has 0 saturated heterocycles. The summed E-state index contributed by atoms with van der Waals surface area (Å²) in [6.45, 7) is 4.91. The molecule has 0 radical (unpaired) electrons. The monoisotopic (exact) mass is 205 g/mol. The number of hydrogen-bond donors (Lipinski definition) is 1. The van der Waals surface area contributed by atoms with Gasteiger partial charge >= 0.3 is 0 Å². The Hall–Kier alpha value is -1.02. The quantitative estimate of drug-likeness (QED) is 0.770. The molecule has 1 N–H and O–H groups in total. The molecule has 0 amide bonds. The minimum absolute atomic E-state index is 0.817. The number of hydrogen-bond acceptors (Lipinski definition) is 2. The molecule has 0 spiro atoms. The SMILES string of the molecule is CCNCc1ccccc1OCC1CC1. The van der Waals surface area contributed by atoms with Crippen molar-refractivity contribution < 1.29 is 4.74 Å². The van der Waals surface area contributed by atoms with Gasteiger partial charge in [0.1, 0.15) is 5.75 Å². The number of para-hydroxylation sites is 1. The molecule has 1 saturated carbocycles. The summed E-state index contributed by atoms with van der Waals surface area (Å²) >= 11 is 0. The highest BCUT2D eigenvalue weighted by Gasteiger charge is 2.22. The Morgan fingerprint density at radius 3 is 2.87 bits per heavy atom. The molecule has 15 heavy (non-hydrogen) atoms. The van der Waals surface area contributed by atoms with Crippen LogP contribution in [0.4, 0.5) is 0 Å². The molecule has 2 nitrogen and oxygen atoms in total. The van der Waals surface area contributed by atoms with E-state index in [9.17, 15) is 0 Å². The molecule has 0 atom stereocenters. The molecule has 1 aromatic rings. The van der Waals surface area contributed by atoms with Crippen molar-refractivity contribution in [3.8, 4) is 5.75 Å². The van der Waals surface area contributed by atoms with E-state index in [4.69, 9.17) is 4.74 Å². The smallest absolute Gasteiger partial charge is 0.123 e. The van der Waals surface area contributed by atoms with Crippen molar-refractivity contribution >= 4 is 0 Å². The molecule has 2 rings (SSSR count). The third-order valence-electron chi connectivity index (χ3n) is 2.71. The van der Waals surface area contributed by atoms with Crippen LogP contribution in [0.2, 0.25) is 0 Å². The van der Waals surface area contributed by atoms with Gasteiger partial charge in [-0.2, -0.15) is 0 Å². The first-order valence-corrected chi connectivity index (χ1v) is 5.81. The molecular weight excluding hydrogens is 186 g/mol. The summed E-state index contributed by atoms with van der Waals surface area (Å²) in [5.41, 5.74) is 1.26. The van der Waals surface area contributed by atoms with Crippen LogP contribution in [0, 0.1) is 5.92 Å². The van der Waals surface area contributed by atoms with Gasteiger partial charge in [-0.25, -0.2) is 0 Å². The Balaban J connectivity index is 1.93. The van der Waals surface area contributed by atoms with Crippen molar-refractivity contribution in [3.63, 3.8) is 0 Å². The van der Waals surface area contributed by atoms with Crippen LogP contribution in [0.3, 0.4) is 0 Å². The molecule has 2 heteroatoms. The maximum atomic E-state index is 5.82. The maximum Gasteiger partial charge on any atom is 0.123 e. The van der Waals surface area contributed by atoms with Crippen molar-refractivity contribution in [2.75, 3.05) is 13.2 Å². The summed E-state index contributed by atoms with van der Waals surface area (Å²) in [6.07, 6.45) is 2.69. The lowest BCUT2D eigenvalue weighted by molar-refractivity contribution is 0.296. The van der Waals surface area contributed by atoms with Crippen LogP contribution < -0.4 is 10.1 Å². The zero-order valence-corrected chi connectivity index (χ0v) is 9.33. The first-order valence-electron chi connectivity index (χ1n) is 5.81. The lowest BCUT2D eigenvalue weighted by Gasteiger charge is -2.11. The van der Waals surface area contributed by atoms with E-state index in [2.05, 4.69) is 30.4 Å². The second-order valence-corrected chi connectivity index (χ2v) is 4.14. The minimum Gasteiger partial charge on any atom is -0.493 e. The molecule has 0 heterocycles. The van der Waals surface area contributed by atoms with E-state index in [-0.39, 0.29) is 0 Å². The van der Waals surface area contributed by atoms with Gasteiger partial charge in [0.15, 0.2) is 0 Å². The van der Waals surface area contributed by atoms with Gasteiger partial charge in [-0.15, -0.1) is 0 Å². The van der Waals surface area contributed by atoms with Gasteiger partial charge in [0.05, 0.1) is 6.61 Å². The summed E-state index contributed by atoms with van der Waals surface area (Å²) in [5, 5.41) is 3.33. The first-order chi connectivity index (χ1) is 7.40. The van der Waals surface area contributed by atoms with Crippen LogP contribution in [-0.2, 0) is 6.54 Å². The summed E-state index contributed by atoms with van der Waals surface area (Å²) in [5.74, 6) is 1.86. The molecule has 1 aromatic carbocycles. The summed E-state index contributed by atoms with van der Waals surface area (Å²) in [7, 11) is 0. The number of benzene rings is 1. The predicted molar refractivity (Wildman–Crippen MR) is 62.0 cm³/mol. The van der Waals surface area contributed by atoms with Gasteiger partial charge in [-0.05, 0) is 31.4 Å². The summed E-state index contributed by atoms with van der Waals surface area (Å²) in [6, 6.07) is 8.30. The summed E-state index contributed by atoms with van der Waals surface area (Å²) < 4.78 is 5.82. The minimum atomic E-state index is 0.817. The largest absolute Gasteiger partial charge is 0.493 e. The van der Waals surface area contributed by atoms with Crippen LogP contribution in [0.15, 0.2) is 24.3 Å². The Bertz CT molecular complexity index is 307. The van der Waals surface area contributed by atoms with E-state index < -0.39 is 0 Å². The zero-order valence-electron chi connectivity index (χ0n) is 9.33. The lowest BCUT2D eigenvalue weighted by atomic mass is 10.2. The molecule has 1 aliphatic rings. The second kappa shape index (κ2) is 5.17. The van der Waals surface area contributed by atoms with Crippen molar-refractivity contribution in [3.05, 3.63) is 29.8 Å². The number of nitrogens with one attached hydrogen (secondary N) is 1. The van der Waals surface area contributed by atoms with Crippen molar-refractivity contribution in [1.82, 2.24) is 5.32 Å². The fourth-order valence-corrected chi connectivity index (χ4v) is 1.54. The molecule has 0 bridgehead atoms.